The van der Waals surface area contributed by atoms with Crippen molar-refractivity contribution in [3.8, 4) is 36.2 Å². The molecule has 0 spiro atoms. The summed E-state index contributed by atoms with van der Waals surface area (Å²) in [4.78, 5) is 0. The summed E-state index contributed by atoms with van der Waals surface area (Å²) >= 11 is 0. The van der Waals surface area contributed by atoms with Crippen molar-refractivity contribution in [1.29, 1.82) is 0 Å². The van der Waals surface area contributed by atoms with Gasteiger partial charge in [0.25, 0.3) is 0 Å². The molecule has 6 heteroatoms. The van der Waals surface area contributed by atoms with Crippen LogP contribution in [0.2, 0.25) is 0 Å². The van der Waals surface area contributed by atoms with E-state index in [-0.39, 0.29) is 0 Å². The fourth-order valence-electron chi connectivity index (χ4n) is 2.21. The van der Waals surface area contributed by atoms with E-state index in [2.05, 4.69) is 11.8 Å². The van der Waals surface area contributed by atoms with Crippen molar-refractivity contribution in [3.05, 3.63) is 23.3 Å². The van der Waals surface area contributed by atoms with Gasteiger partial charge >= 0.3 is 0 Å². The van der Waals surface area contributed by atoms with E-state index in [0.29, 0.717) is 88.7 Å². The van der Waals surface area contributed by atoms with E-state index in [1.165, 1.54) is 0 Å². The quantitative estimate of drug-likeness (QED) is 0.516. The summed E-state index contributed by atoms with van der Waals surface area (Å²) in [5.41, 5.74) is 1.15. The smallest absolute Gasteiger partial charge is 0.136 e. The van der Waals surface area contributed by atoms with Gasteiger partial charge in [-0.05, 0) is 0 Å². The van der Waals surface area contributed by atoms with Crippen molar-refractivity contribution < 1.29 is 28.4 Å². The van der Waals surface area contributed by atoms with Crippen molar-refractivity contribution >= 4 is 0 Å². The molecule has 2 aliphatic rings. The minimum absolute atomic E-state index is 0.357. The van der Waals surface area contributed by atoms with Crippen molar-refractivity contribution in [3.63, 3.8) is 0 Å². The van der Waals surface area contributed by atoms with Crippen LogP contribution < -0.4 is 9.47 Å². The monoisotopic (exact) mass is 360 g/mol. The summed E-state index contributed by atoms with van der Waals surface area (Å²) in [6, 6.07) is 3.42. The van der Waals surface area contributed by atoms with Crippen LogP contribution in [0.25, 0.3) is 0 Å². The maximum atomic E-state index is 5.70. The molecule has 2 bridgehead atoms. The van der Waals surface area contributed by atoms with E-state index in [9.17, 15) is 0 Å². The molecule has 0 atom stereocenters. The lowest BCUT2D eigenvalue weighted by molar-refractivity contribution is -0.00718. The van der Waals surface area contributed by atoms with Crippen molar-refractivity contribution in [1.82, 2.24) is 0 Å². The molecule has 0 N–H and O–H groups in total. The molecule has 3 rings (SSSR count). The molecular weight excluding hydrogens is 336 g/mol. The van der Waals surface area contributed by atoms with Crippen LogP contribution in [0.3, 0.4) is 0 Å². The standard InChI is InChI=1S/C20H24O6/c1-3-17-15-20-18(4-2)16-19(17)25-13-11-23-9-7-21-5-6-22-8-10-24-12-14-26-20/h1-2,15-16H,5-14H2. The summed E-state index contributed by atoms with van der Waals surface area (Å²) in [6.45, 7) is 4.57. The third-order valence-electron chi connectivity index (χ3n) is 3.48. The van der Waals surface area contributed by atoms with Crippen LogP contribution in [-0.4, -0.2) is 66.1 Å². The molecule has 140 valence electrons. The second kappa shape index (κ2) is 12.2. The van der Waals surface area contributed by atoms with Crippen LogP contribution in [0, 0.1) is 24.7 Å². The molecule has 0 aliphatic carbocycles. The number of hydrogen-bond donors (Lipinski definition) is 0. The highest BCUT2D eigenvalue weighted by molar-refractivity contribution is 5.57. The molecule has 0 unspecified atom stereocenters. The number of fused-ring (bicyclic) bond motifs is 17. The fraction of sp³-hybridized carbons (Fsp3) is 0.500. The summed E-state index contributed by atoms with van der Waals surface area (Å²) < 4.78 is 33.1. The highest BCUT2D eigenvalue weighted by Crippen LogP contribution is 2.28. The maximum absolute atomic E-state index is 5.70. The zero-order valence-corrected chi connectivity index (χ0v) is 14.8. The molecule has 26 heavy (non-hydrogen) atoms. The van der Waals surface area contributed by atoms with Gasteiger partial charge in [0.05, 0.1) is 64.0 Å². The van der Waals surface area contributed by atoms with Gasteiger partial charge in [0.15, 0.2) is 0 Å². The van der Waals surface area contributed by atoms with Crippen molar-refractivity contribution in [2.75, 3.05) is 66.1 Å². The first-order valence-electron chi connectivity index (χ1n) is 8.53. The van der Waals surface area contributed by atoms with Gasteiger partial charge in [-0.15, -0.1) is 12.8 Å². The zero-order chi connectivity index (χ0) is 18.5. The Hall–Kier alpha value is -2.22. The lowest BCUT2D eigenvalue weighted by atomic mass is 10.1. The highest BCUT2D eigenvalue weighted by Gasteiger charge is 2.10. The molecule has 0 fully saturated rings. The Labute approximate surface area is 154 Å². The van der Waals surface area contributed by atoms with E-state index in [1.807, 2.05) is 0 Å². The average Bonchev–Trinajstić information content (AvgIpc) is 2.66. The molecule has 0 saturated heterocycles. The van der Waals surface area contributed by atoms with E-state index >= 15 is 0 Å². The summed E-state index contributed by atoms with van der Waals surface area (Å²) in [7, 11) is 0. The van der Waals surface area contributed by atoms with Gasteiger partial charge in [0, 0.05) is 12.1 Å². The molecule has 0 amide bonds. The number of benzene rings is 1. The number of hydrogen-bond acceptors (Lipinski definition) is 6. The first-order chi connectivity index (χ1) is 12.8. The van der Waals surface area contributed by atoms with Gasteiger partial charge in [0.2, 0.25) is 0 Å². The van der Waals surface area contributed by atoms with Gasteiger partial charge < -0.3 is 28.4 Å². The molecule has 0 saturated carbocycles. The van der Waals surface area contributed by atoms with Crippen LogP contribution in [0.5, 0.6) is 11.5 Å². The third-order valence-corrected chi connectivity index (χ3v) is 3.48. The van der Waals surface area contributed by atoms with Gasteiger partial charge in [-0.1, -0.05) is 11.8 Å². The van der Waals surface area contributed by atoms with Crippen molar-refractivity contribution in [2.45, 2.75) is 0 Å². The summed E-state index contributed by atoms with van der Waals surface area (Å²) in [5.74, 6) is 6.26. The first-order valence-corrected chi connectivity index (χ1v) is 8.53. The van der Waals surface area contributed by atoms with Gasteiger partial charge in [-0.25, -0.2) is 0 Å². The van der Waals surface area contributed by atoms with E-state index < -0.39 is 0 Å². The molecule has 0 aromatic heterocycles. The Morgan fingerprint density at radius 3 is 1.15 bits per heavy atom. The fourth-order valence-corrected chi connectivity index (χ4v) is 2.21. The molecule has 0 radical (unpaired) electrons. The third kappa shape index (κ3) is 6.95. The minimum Gasteiger partial charge on any atom is -0.490 e. The summed E-state index contributed by atoms with van der Waals surface area (Å²) in [5, 5.41) is 0. The average molecular weight is 360 g/mol. The highest BCUT2D eigenvalue weighted by atomic mass is 16.6. The van der Waals surface area contributed by atoms with Gasteiger partial charge in [-0.2, -0.15) is 0 Å². The number of terminal acetylenes is 2. The molecular formula is C20H24O6. The SMILES string of the molecule is C#Cc1cc2c(C#C)cc1OCCOCCOCCOCCOCCO2. The van der Waals surface area contributed by atoms with Crippen LogP contribution in [0.4, 0.5) is 0 Å². The Kier molecular flexibility index (Phi) is 9.42. The summed E-state index contributed by atoms with van der Waals surface area (Å²) in [6.07, 6.45) is 11.1. The topological polar surface area (TPSA) is 55.4 Å². The molecule has 2 aliphatic heterocycles. The zero-order valence-electron chi connectivity index (χ0n) is 14.8. The first kappa shape index (κ1) is 20.1. The van der Waals surface area contributed by atoms with Gasteiger partial charge in [0.1, 0.15) is 24.7 Å². The second-order valence-electron chi connectivity index (χ2n) is 5.28. The van der Waals surface area contributed by atoms with Crippen LogP contribution in [-0.2, 0) is 18.9 Å². The lowest BCUT2D eigenvalue weighted by Gasteiger charge is -2.14. The lowest BCUT2D eigenvalue weighted by Crippen LogP contribution is -2.15. The van der Waals surface area contributed by atoms with Crippen LogP contribution >= 0.6 is 0 Å². The number of ether oxygens (including phenoxy) is 6. The number of rotatable bonds is 0. The predicted octanol–water partition coefficient (Wildman–Crippen LogP) is 1.49. The largest absolute Gasteiger partial charge is 0.490 e. The Morgan fingerprint density at radius 1 is 0.538 bits per heavy atom. The van der Waals surface area contributed by atoms with Crippen LogP contribution in [0.1, 0.15) is 11.1 Å². The van der Waals surface area contributed by atoms with E-state index in [4.69, 9.17) is 41.3 Å². The molecule has 2 heterocycles. The van der Waals surface area contributed by atoms with Crippen LogP contribution in [0.15, 0.2) is 12.1 Å². The van der Waals surface area contributed by atoms with Gasteiger partial charge in [-0.3, -0.25) is 0 Å². The Bertz CT molecular complexity index is 573. The normalized spacial score (nSPS) is 17.9. The molecule has 1 aromatic carbocycles. The Balaban J connectivity index is 2.01. The van der Waals surface area contributed by atoms with E-state index in [1.54, 1.807) is 12.1 Å². The maximum Gasteiger partial charge on any atom is 0.136 e. The predicted molar refractivity (Wildman–Crippen MR) is 96.6 cm³/mol. The van der Waals surface area contributed by atoms with E-state index in [0.717, 1.165) is 0 Å². The van der Waals surface area contributed by atoms with Crippen molar-refractivity contribution in [2.24, 2.45) is 0 Å². The Morgan fingerprint density at radius 2 is 0.846 bits per heavy atom. The molecule has 1 aromatic rings. The molecule has 6 nitrogen and oxygen atoms in total. The second-order valence-corrected chi connectivity index (χ2v) is 5.28. The minimum atomic E-state index is 0.357.